The number of alkyl halides is 1. The number of halogens is 2. The zero-order valence-electron chi connectivity index (χ0n) is 26.0. The van der Waals surface area contributed by atoms with Gasteiger partial charge in [0.05, 0.1) is 37.1 Å². The molecule has 0 saturated carbocycles. The summed E-state index contributed by atoms with van der Waals surface area (Å²) in [5.74, 6) is -3.52. The molecule has 3 heterocycles. The Morgan fingerprint density at radius 1 is 1.24 bits per heavy atom. The molecule has 4 rings (SSSR count). The number of anilines is 1. The molecule has 0 aliphatic carbocycles. The van der Waals surface area contributed by atoms with Crippen molar-refractivity contribution < 1.29 is 33.8 Å². The molecular formula is C33H43BrClN3O7. The van der Waals surface area contributed by atoms with Crippen molar-refractivity contribution in [1.29, 1.82) is 0 Å². The van der Waals surface area contributed by atoms with E-state index in [9.17, 15) is 24.3 Å². The number of nitrogens with zero attached hydrogens (tertiary/aromatic N) is 2. The lowest BCUT2D eigenvalue weighted by molar-refractivity contribution is -0.159. The summed E-state index contributed by atoms with van der Waals surface area (Å²) in [4.78, 5) is 57.7. The molecule has 12 heteroatoms. The topological polar surface area (TPSA) is 125 Å². The number of carbonyl (C=O) groups is 4. The smallest absolute Gasteiger partial charge is 0.312 e. The maximum Gasteiger partial charge on any atom is 0.312 e. The summed E-state index contributed by atoms with van der Waals surface area (Å²) < 4.78 is 12.4. The highest BCUT2D eigenvalue weighted by Crippen LogP contribution is 2.61. The van der Waals surface area contributed by atoms with Gasteiger partial charge >= 0.3 is 5.97 Å². The number of carbonyl (C=O) groups excluding carboxylic acids is 4. The quantitative estimate of drug-likeness (QED) is 0.160. The molecule has 1 aromatic rings. The second-order valence-corrected chi connectivity index (χ2v) is 14.1. The Kier molecular flexibility index (Phi) is 11.5. The van der Waals surface area contributed by atoms with E-state index in [0.29, 0.717) is 30.0 Å². The molecule has 246 valence electrons. The molecule has 2 bridgehead atoms. The Labute approximate surface area is 278 Å². The van der Waals surface area contributed by atoms with Gasteiger partial charge in [0.1, 0.15) is 17.7 Å². The maximum atomic E-state index is 14.7. The number of hydrogen-bond donors (Lipinski definition) is 2. The lowest BCUT2D eigenvalue weighted by Crippen LogP contribution is -2.59. The van der Waals surface area contributed by atoms with Crippen LogP contribution in [-0.2, 0) is 28.7 Å². The molecule has 45 heavy (non-hydrogen) atoms. The van der Waals surface area contributed by atoms with Gasteiger partial charge in [0.25, 0.3) is 5.91 Å². The van der Waals surface area contributed by atoms with Crippen LogP contribution in [0.2, 0.25) is 5.02 Å². The van der Waals surface area contributed by atoms with Gasteiger partial charge in [-0.3, -0.25) is 19.2 Å². The number of aliphatic hydroxyl groups excluding tert-OH is 1. The number of aliphatic hydroxyl groups is 1. The van der Waals surface area contributed by atoms with Gasteiger partial charge in [-0.05, 0) is 56.4 Å². The van der Waals surface area contributed by atoms with E-state index in [2.05, 4.69) is 34.4 Å². The predicted molar refractivity (Wildman–Crippen MR) is 175 cm³/mol. The first-order valence-corrected chi connectivity index (χ1v) is 16.7. The summed E-state index contributed by atoms with van der Waals surface area (Å²) in [6.45, 7) is 13.0. The number of nitrogens with one attached hydrogen (secondary N) is 1. The van der Waals surface area contributed by atoms with Crippen LogP contribution in [0.15, 0.2) is 49.6 Å². The normalized spacial score (nSPS) is 28.0. The second-order valence-electron chi connectivity index (χ2n) is 12.5. The van der Waals surface area contributed by atoms with E-state index in [4.69, 9.17) is 21.1 Å². The minimum Gasteiger partial charge on any atom is -0.460 e. The minimum absolute atomic E-state index is 0.104. The van der Waals surface area contributed by atoms with Gasteiger partial charge in [-0.2, -0.15) is 0 Å². The third-order valence-corrected chi connectivity index (χ3v) is 9.87. The van der Waals surface area contributed by atoms with Crippen molar-refractivity contribution in [2.24, 2.45) is 17.8 Å². The first-order chi connectivity index (χ1) is 21.4. The summed E-state index contributed by atoms with van der Waals surface area (Å²) in [6, 6.07) is 4.99. The molecule has 10 nitrogen and oxygen atoms in total. The molecule has 3 aliphatic heterocycles. The number of amides is 3. The highest BCUT2D eigenvalue weighted by molar-refractivity contribution is 9.09. The van der Waals surface area contributed by atoms with Crippen LogP contribution in [-0.4, -0.2) is 88.1 Å². The van der Waals surface area contributed by atoms with Crippen LogP contribution in [0.3, 0.4) is 0 Å². The van der Waals surface area contributed by atoms with Gasteiger partial charge in [-0.1, -0.05) is 53.5 Å². The molecule has 2 N–H and O–H groups in total. The number of allylic oxidation sites excluding steroid dienone is 1. The molecule has 3 amide bonds. The van der Waals surface area contributed by atoms with Gasteiger partial charge in [0.2, 0.25) is 11.8 Å². The van der Waals surface area contributed by atoms with Crippen LogP contribution in [0.4, 0.5) is 5.69 Å². The summed E-state index contributed by atoms with van der Waals surface area (Å²) >= 11 is 9.80. The van der Waals surface area contributed by atoms with Crippen molar-refractivity contribution in [3.63, 3.8) is 0 Å². The van der Waals surface area contributed by atoms with E-state index in [1.165, 1.54) is 9.80 Å². The minimum atomic E-state index is -1.34. The number of esters is 1. The third kappa shape index (κ3) is 7.01. The number of likely N-dealkylation sites (tertiary alicyclic amines) is 1. The van der Waals surface area contributed by atoms with Crippen molar-refractivity contribution in [1.82, 2.24) is 10.2 Å². The molecule has 0 radical (unpaired) electrons. The van der Waals surface area contributed by atoms with Crippen LogP contribution < -0.4 is 10.2 Å². The fourth-order valence-electron chi connectivity index (χ4n) is 6.95. The van der Waals surface area contributed by atoms with Crippen molar-refractivity contribution in [3.05, 3.63) is 54.6 Å². The van der Waals surface area contributed by atoms with E-state index in [-0.39, 0.29) is 42.8 Å². The largest absolute Gasteiger partial charge is 0.460 e. The van der Waals surface area contributed by atoms with E-state index >= 15 is 0 Å². The zero-order chi connectivity index (χ0) is 33.1. The Bertz CT molecular complexity index is 1290. The average molecular weight is 709 g/mol. The van der Waals surface area contributed by atoms with Crippen molar-refractivity contribution in [2.45, 2.75) is 81.2 Å². The maximum absolute atomic E-state index is 14.7. The fraction of sp³-hybridized carbons (Fsp3) is 0.576. The van der Waals surface area contributed by atoms with Crippen molar-refractivity contribution in [3.8, 4) is 0 Å². The highest BCUT2D eigenvalue weighted by Gasteiger charge is 2.77. The number of hydrogen-bond acceptors (Lipinski definition) is 7. The van der Waals surface area contributed by atoms with Crippen LogP contribution in [0.1, 0.15) is 46.5 Å². The monoisotopic (exact) mass is 707 g/mol. The van der Waals surface area contributed by atoms with E-state index in [1.54, 1.807) is 43.3 Å². The molecule has 1 spiro atoms. The molecule has 1 unspecified atom stereocenters. The van der Waals surface area contributed by atoms with Crippen LogP contribution in [0.25, 0.3) is 0 Å². The molecular weight excluding hydrogens is 666 g/mol. The first kappa shape index (κ1) is 35.1. The van der Waals surface area contributed by atoms with Gasteiger partial charge in [0.15, 0.2) is 0 Å². The molecule has 3 fully saturated rings. The Hall–Kier alpha value is -2.73. The predicted octanol–water partition coefficient (Wildman–Crippen LogP) is 4.03. The van der Waals surface area contributed by atoms with E-state index in [1.807, 2.05) is 13.8 Å². The van der Waals surface area contributed by atoms with Crippen molar-refractivity contribution >= 4 is 56.9 Å². The summed E-state index contributed by atoms with van der Waals surface area (Å²) in [5, 5.41) is 13.8. The second kappa shape index (κ2) is 14.8. The van der Waals surface area contributed by atoms with Crippen LogP contribution >= 0.6 is 27.5 Å². The molecule has 1 aromatic carbocycles. The SMILES string of the molecule is C=CCCC(=O)NC[C@@H](C)OC(=O)[C@@H]1[C@H]2O[C@@]3(CC2Br)[C@H](C(=O)N(CC=C)c2ccc(Cl)cc2)N([C@@H](CO)CC(C)C)C(=O)[C@@H]13. The summed E-state index contributed by atoms with van der Waals surface area (Å²) in [7, 11) is 0. The van der Waals surface area contributed by atoms with Gasteiger partial charge < -0.3 is 29.7 Å². The van der Waals surface area contributed by atoms with Crippen LogP contribution in [0, 0.1) is 17.8 Å². The third-order valence-electron chi connectivity index (χ3n) is 8.78. The number of benzene rings is 1. The zero-order valence-corrected chi connectivity index (χ0v) is 28.3. The van der Waals surface area contributed by atoms with Gasteiger partial charge in [0, 0.05) is 28.5 Å². The standard InChI is InChI=1S/C33H43BrClN3O7/c1-6-8-9-25(40)36-17-20(5)44-32(43)26-27-30(41)38(23(18-39)15-19(3)4)29(33(27)16-24(34)28(26)45-33)31(42)37(14-7-2)22-12-10-21(35)11-13-22/h6-7,10-13,19-20,23-24,26-29,39H,1-2,8-9,14-18H2,3-5H3,(H,36,40)/t20-,23-,24?,26+,27-,28+,29+,33-/m1/s1. The molecule has 3 aliphatic rings. The molecule has 3 saturated heterocycles. The summed E-state index contributed by atoms with van der Waals surface area (Å²) in [5.41, 5.74) is -0.779. The van der Waals surface area contributed by atoms with E-state index in [0.717, 1.165) is 0 Å². The summed E-state index contributed by atoms with van der Waals surface area (Å²) in [6.07, 6.45) is 3.43. The fourth-order valence-corrected chi connectivity index (χ4v) is 8.02. The molecule has 0 aromatic heterocycles. The average Bonchev–Trinajstić information content (AvgIpc) is 3.59. The number of rotatable bonds is 15. The Morgan fingerprint density at radius 2 is 1.93 bits per heavy atom. The number of fused-ring (bicyclic) bond motifs is 1. The van der Waals surface area contributed by atoms with Gasteiger partial charge in [-0.25, -0.2) is 0 Å². The van der Waals surface area contributed by atoms with E-state index < -0.39 is 59.5 Å². The van der Waals surface area contributed by atoms with Crippen LogP contribution in [0.5, 0.6) is 0 Å². The van der Waals surface area contributed by atoms with Crippen molar-refractivity contribution in [2.75, 3.05) is 24.6 Å². The number of ether oxygens (including phenoxy) is 2. The lowest BCUT2D eigenvalue weighted by atomic mass is 9.70. The Morgan fingerprint density at radius 3 is 2.53 bits per heavy atom. The highest BCUT2D eigenvalue weighted by atomic mass is 79.9. The molecule has 8 atom stereocenters. The van der Waals surface area contributed by atoms with Gasteiger partial charge in [-0.15, -0.1) is 13.2 Å². The lowest BCUT2D eigenvalue weighted by Gasteiger charge is -2.39. The Balaban J connectivity index is 1.70. The first-order valence-electron chi connectivity index (χ1n) is 15.4.